The van der Waals surface area contributed by atoms with Gasteiger partial charge in [0, 0.05) is 136 Å². The third-order valence-corrected chi connectivity index (χ3v) is 17.8. The lowest BCUT2D eigenvalue weighted by Gasteiger charge is -2.49. The predicted molar refractivity (Wildman–Crippen MR) is 354 cm³/mol. The van der Waals surface area contributed by atoms with Gasteiger partial charge in [-0.3, -0.25) is 15.3 Å². The molecule has 0 amide bonds. The van der Waals surface area contributed by atoms with Crippen molar-refractivity contribution in [1.29, 1.82) is 0 Å². The topological polar surface area (TPSA) is 224 Å². The minimum Gasteiger partial charge on any atom is -0.473 e. The highest BCUT2D eigenvalue weighted by molar-refractivity contribution is 7.17. The van der Waals surface area contributed by atoms with Gasteiger partial charge in [-0.15, -0.1) is 25.5 Å². The molecule has 0 radical (unpaired) electrons. The Morgan fingerprint density at radius 2 is 0.880 bits per heavy atom. The van der Waals surface area contributed by atoms with Crippen LogP contribution >= 0.6 is 11.3 Å². The third-order valence-electron chi connectivity index (χ3n) is 16.9. The standard InChI is InChI=1S/C24H30F2N6.C23H27F2N5O.C21H28N6OS/c1-23(2)11-17(12-24(3,4)31-23)32(5)21-9-8-20(29-30-21)18-7-6-15(10-19(18)22(25)26)16-13-27-28-14-16;1-22(2)10-16(11-23(3,4)30-22)31-20-8-7-19(28-29-20)17-6-5-14(9-18(17)21(24)25)15-12-26-27-13-15;1-20(2)10-16(11-21(3,4)26-20)27(5)18-24-25-19(29-18)28-17-8-6-14(7-9-17)15-12-22-23-13-15/h6-10,13-14,17,22,31H,11-12H2,1-5H3,(H,27,28);5-9,12-13,16,21,30H,10-11H2,1-4H3,(H,26,27);6-9,12-13,16,26H,10-11H2,1-5H3,(H,22,23). The molecule has 6 aromatic heterocycles. The number of hydrogen-bond donors (Lipinski definition) is 6. The summed E-state index contributed by atoms with van der Waals surface area (Å²) in [6, 6.07) is 25.5. The van der Waals surface area contributed by atoms with Crippen LogP contribution in [0.1, 0.15) is 146 Å². The predicted octanol–water partition coefficient (Wildman–Crippen LogP) is 14.8. The van der Waals surface area contributed by atoms with Crippen molar-refractivity contribution in [2.24, 2.45) is 0 Å². The molecular weight excluding hydrogens is 1190 g/mol. The number of rotatable bonds is 15. The monoisotopic (exact) mass is 1280 g/mol. The molecule has 3 saturated heterocycles. The average molecular weight is 1280 g/mol. The molecule has 19 nitrogen and oxygen atoms in total. The molecule has 0 atom stereocenters. The highest BCUT2D eigenvalue weighted by Gasteiger charge is 2.42. The third kappa shape index (κ3) is 16.9. The van der Waals surface area contributed by atoms with Gasteiger partial charge >= 0.3 is 5.19 Å². The molecule has 0 aliphatic carbocycles. The van der Waals surface area contributed by atoms with Crippen LogP contribution in [0.5, 0.6) is 16.8 Å². The zero-order valence-corrected chi connectivity index (χ0v) is 55.6. The molecule has 0 unspecified atom stereocenters. The van der Waals surface area contributed by atoms with E-state index in [1.54, 1.807) is 73.4 Å². The van der Waals surface area contributed by atoms with Gasteiger partial charge in [-0.2, -0.15) is 15.3 Å². The number of nitrogens with one attached hydrogen (secondary N) is 6. The average Bonchev–Trinajstić information content (AvgIpc) is 1.53. The summed E-state index contributed by atoms with van der Waals surface area (Å²) in [4.78, 5) is 4.40. The first kappa shape index (κ1) is 66.7. The van der Waals surface area contributed by atoms with Crippen molar-refractivity contribution in [1.82, 2.24) is 77.1 Å². The van der Waals surface area contributed by atoms with E-state index in [1.165, 1.54) is 23.5 Å². The number of H-pyrrole nitrogens is 3. The smallest absolute Gasteiger partial charge is 0.301 e. The van der Waals surface area contributed by atoms with Crippen LogP contribution in [0.3, 0.4) is 0 Å². The van der Waals surface area contributed by atoms with Crippen LogP contribution in [-0.2, 0) is 0 Å². The Kier molecular flexibility index (Phi) is 19.4. The van der Waals surface area contributed by atoms with Gasteiger partial charge in [0.25, 0.3) is 12.9 Å². The van der Waals surface area contributed by atoms with Gasteiger partial charge in [0.2, 0.25) is 11.0 Å². The number of anilines is 2. The second-order valence-electron chi connectivity index (χ2n) is 28.3. The van der Waals surface area contributed by atoms with E-state index < -0.39 is 12.9 Å². The number of ether oxygens (including phenoxy) is 2. The van der Waals surface area contributed by atoms with E-state index in [4.69, 9.17) is 9.47 Å². The first-order valence-electron chi connectivity index (χ1n) is 31.0. The lowest BCUT2D eigenvalue weighted by atomic mass is 9.79. The molecule has 12 rings (SSSR count). The number of piperidine rings is 3. The molecule has 9 heterocycles. The van der Waals surface area contributed by atoms with Crippen LogP contribution in [0.2, 0.25) is 0 Å². The van der Waals surface area contributed by atoms with Gasteiger partial charge in [-0.25, -0.2) is 17.6 Å². The van der Waals surface area contributed by atoms with Crippen LogP contribution < -0.4 is 35.2 Å². The lowest BCUT2D eigenvalue weighted by Crippen LogP contribution is -2.62. The molecule has 3 aliphatic rings. The summed E-state index contributed by atoms with van der Waals surface area (Å²) >= 11 is 1.48. The van der Waals surface area contributed by atoms with Crippen molar-refractivity contribution in [2.45, 2.75) is 186 Å². The minimum absolute atomic E-state index is 0.00253. The number of benzene rings is 3. The van der Waals surface area contributed by atoms with Crippen LogP contribution in [0, 0.1) is 0 Å². The zero-order valence-electron chi connectivity index (χ0n) is 54.8. The fourth-order valence-electron chi connectivity index (χ4n) is 13.8. The second kappa shape index (κ2) is 26.8. The Balaban J connectivity index is 0.000000151. The fourth-order valence-corrected chi connectivity index (χ4v) is 14.6. The van der Waals surface area contributed by atoms with Crippen LogP contribution in [0.25, 0.3) is 55.9 Å². The Morgan fingerprint density at radius 1 is 0.457 bits per heavy atom. The number of nitrogens with zero attached hydrogens (tertiary/aromatic N) is 11. The molecule has 488 valence electrons. The van der Waals surface area contributed by atoms with Gasteiger partial charge < -0.3 is 35.2 Å². The lowest BCUT2D eigenvalue weighted by molar-refractivity contribution is 0.0524. The maximum atomic E-state index is 13.8. The van der Waals surface area contributed by atoms with Gasteiger partial charge in [0.15, 0.2) is 5.82 Å². The first-order valence-corrected chi connectivity index (χ1v) is 31.8. The molecule has 3 fully saturated rings. The summed E-state index contributed by atoms with van der Waals surface area (Å²) in [5.41, 5.74) is 6.45. The normalized spacial score (nSPS) is 18.3. The van der Waals surface area contributed by atoms with E-state index in [0.717, 1.165) is 77.5 Å². The number of aromatic nitrogens is 12. The maximum Gasteiger partial charge on any atom is 0.301 e. The number of halogens is 4. The fraction of sp³-hybridized carbons (Fsp3) is 0.456. The van der Waals surface area contributed by atoms with E-state index in [2.05, 4.69) is 177 Å². The summed E-state index contributed by atoms with van der Waals surface area (Å²) in [6.45, 7) is 26.5. The molecule has 9 aromatic rings. The van der Waals surface area contributed by atoms with Gasteiger partial charge in [-0.1, -0.05) is 41.5 Å². The maximum absolute atomic E-state index is 13.8. The van der Waals surface area contributed by atoms with Gasteiger partial charge in [0.1, 0.15) is 11.9 Å². The molecule has 6 N–H and O–H groups in total. The molecule has 92 heavy (non-hydrogen) atoms. The van der Waals surface area contributed by atoms with Crippen molar-refractivity contribution in [3.05, 3.63) is 133 Å². The molecule has 3 aliphatic heterocycles. The van der Waals surface area contributed by atoms with Crippen molar-refractivity contribution in [3.63, 3.8) is 0 Å². The van der Waals surface area contributed by atoms with E-state index in [-0.39, 0.29) is 50.5 Å². The quantitative estimate of drug-likeness (QED) is 0.0525. The highest BCUT2D eigenvalue weighted by Crippen LogP contribution is 2.40. The van der Waals surface area contributed by atoms with E-state index in [9.17, 15) is 17.6 Å². The summed E-state index contributed by atoms with van der Waals surface area (Å²) in [5.74, 6) is 1.88. The molecule has 0 spiro atoms. The summed E-state index contributed by atoms with van der Waals surface area (Å²) < 4.78 is 67.2. The number of aromatic amines is 3. The zero-order chi connectivity index (χ0) is 66.0. The van der Waals surface area contributed by atoms with Crippen LogP contribution in [-0.4, -0.2) is 127 Å². The van der Waals surface area contributed by atoms with Crippen molar-refractivity contribution >= 4 is 22.3 Å². The Bertz CT molecular complexity index is 3790. The van der Waals surface area contributed by atoms with Crippen LogP contribution in [0.15, 0.2) is 122 Å². The first-order chi connectivity index (χ1) is 43.4. The Hall–Kier alpha value is -8.19. The molecular formula is C68H85F4N17O2S. The van der Waals surface area contributed by atoms with Gasteiger partial charge in [-0.05, 0) is 179 Å². The molecule has 0 bridgehead atoms. The minimum atomic E-state index is -2.64. The molecule has 0 saturated carbocycles. The van der Waals surface area contributed by atoms with Gasteiger partial charge in [0.05, 0.1) is 30.0 Å². The summed E-state index contributed by atoms with van der Waals surface area (Å²) in [5, 5.41) is 58.1. The van der Waals surface area contributed by atoms with Crippen LogP contribution in [0.4, 0.5) is 28.5 Å². The summed E-state index contributed by atoms with van der Waals surface area (Å²) in [6.07, 6.45) is 10.7. The second-order valence-corrected chi connectivity index (χ2v) is 29.3. The van der Waals surface area contributed by atoms with E-state index in [1.807, 2.05) is 43.6 Å². The van der Waals surface area contributed by atoms with E-state index >= 15 is 0 Å². The van der Waals surface area contributed by atoms with E-state index in [0.29, 0.717) is 56.8 Å². The van der Waals surface area contributed by atoms with Crippen molar-refractivity contribution in [2.75, 3.05) is 23.9 Å². The largest absolute Gasteiger partial charge is 0.473 e. The van der Waals surface area contributed by atoms with Crippen molar-refractivity contribution in [3.8, 4) is 72.7 Å². The Morgan fingerprint density at radius 3 is 1.29 bits per heavy atom. The molecule has 24 heteroatoms. The summed E-state index contributed by atoms with van der Waals surface area (Å²) in [7, 11) is 4.13. The molecule has 3 aromatic carbocycles. The number of alkyl halides is 4. The van der Waals surface area contributed by atoms with Crippen molar-refractivity contribution < 1.29 is 27.0 Å². The number of hydrogen-bond acceptors (Lipinski definition) is 17. The highest BCUT2D eigenvalue weighted by atomic mass is 32.1. The SMILES string of the molecule is CC1(C)CC(Oc2ccc(-c3ccc(-c4cn[nH]c4)cc3C(F)F)nn2)CC(C)(C)N1.CN(c1ccc(-c2ccc(-c3cn[nH]c3)cc2C(F)F)nn1)C1CC(C)(C)NC(C)(C)C1.CN(c1nnc(Oc2ccc(-c3cn[nH]c3)cc2)s1)C1CC(C)(C)NC(C)(C)C1. The Labute approximate surface area is 539 Å².